The third-order valence-electron chi connectivity index (χ3n) is 4.20. The zero-order valence-electron chi connectivity index (χ0n) is 16.3. The highest BCUT2D eigenvalue weighted by molar-refractivity contribution is 8.27. The maximum Gasteiger partial charge on any atom is 0.306 e. The van der Waals surface area contributed by atoms with Crippen LogP contribution >= 0.6 is 24.0 Å². The first-order valence-corrected chi connectivity index (χ1v) is 10.1. The Kier molecular flexibility index (Phi) is 6.96. The average molecular weight is 446 g/mol. The number of rotatable bonds is 8. The van der Waals surface area contributed by atoms with Gasteiger partial charge in [-0.3, -0.25) is 14.5 Å². The molecular formula is C21H19NO6S2. The van der Waals surface area contributed by atoms with Gasteiger partial charge in [0, 0.05) is 11.6 Å². The summed E-state index contributed by atoms with van der Waals surface area (Å²) < 4.78 is 16.5. The second-order valence-corrected chi connectivity index (χ2v) is 7.76. The van der Waals surface area contributed by atoms with Crippen LogP contribution < -0.4 is 19.1 Å². The monoisotopic (exact) mass is 445 g/mol. The Morgan fingerprint density at radius 2 is 1.93 bits per heavy atom. The first kappa shape index (κ1) is 21.7. The molecule has 0 unspecified atom stereocenters. The van der Waals surface area contributed by atoms with E-state index in [1.807, 2.05) is 6.07 Å². The van der Waals surface area contributed by atoms with E-state index in [0.717, 1.165) is 0 Å². The number of para-hydroxylation sites is 1. The average Bonchev–Trinajstić information content (AvgIpc) is 3.01. The van der Waals surface area contributed by atoms with Crippen LogP contribution in [0.4, 0.5) is 5.69 Å². The summed E-state index contributed by atoms with van der Waals surface area (Å²) in [5, 5.41) is 8.79. The van der Waals surface area contributed by atoms with E-state index < -0.39 is 5.97 Å². The van der Waals surface area contributed by atoms with E-state index in [9.17, 15) is 9.59 Å². The zero-order valence-corrected chi connectivity index (χ0v) is 17.9. The fourth-order valence-corrected chi connectivity index (χ4v) is 4.04. The summed E-state index contributed by atoms with van der Waals surface area (Å²) in [5.74, 6) is 0.329. The van der Waals surface area contributed by atoms with Gasteiger partial charge < -0.3 is 19.3 Å². The Morgan fingerprint density at radius 3 is 2.63 bits per heavy atom. The molecule has 1 N–H and O–H groups in total. The number of amides is 1. The molecule has 0 radical (unpaired) electrons. The van der Waals surface area contributed by atoms with Crippen LogP contribution in [0.15, 0.2) is 47.4 Å². The quantitative estimate of drug-likeness (QED) is 0.483. The molecule has 1 heterocycles. The van der Waals surface area contributed by atoms with Gasteiger partial charge in [0.15, 0.2) is 4.32 Å². The lowest BCUT2D eigenvalue weighted by Gasteiger charge is -2.18. The molecule has 1 fully saturated rings. The molecule has 0 atom stereocenters. The number of thiocarbonyl (C=S) groups is 1. The van der Waals surface area contributed by atoms with Crippen molar-refractivity contribution in [1.29, 1.82) is 0 Å². The molecule has 156 valence electrons. The topological polar surface area (TPSA) is 85.3 Å². The third-order valence-corrected chi connectivity index (χ3v) is 5.50. The summed E-state index contributed by atoms with van der Waals surface area (Å²) >= 11 is 6.61. The second kappa shape index (κ2) is 9.64. The second-order valence-electron chi connectivity index (χ2n) is 6.08. The van der Waals surface area contributed by atoms with Crippen molar-refractivity contribution in [2.45, 2.75) is 6.42 Å². The number of ether oxygens (including phenoxy) is 3. The molecule has 0 aliphatic carbocycles. The molecule has 1 aliphatic rings. The third kappa shape index (κ3) is 4.74. The molecule has 1 aliphatic heterocycles. The number of carbonyl (C=O) groups excluding carboxylic acids is 1. The van der Waals surface area contributed by atoms with Crippen LogP contribution in [0.3, 0.4) is 0 Å². The van der Waals surface area contributed by atoms with Gasteiger partial charge in [0.2, 0.25) is 0 Å². The summed E-state index contributed by atoms with van der Waals surface area (Å²) in [5.41, 5.74) is 1.18. The van der Waals surface area contributed by atoms with Crippen molar-refractivity contribution in [3.63, 3.8) is 0 Å². The summed E-state index contributed by atoms with van der Waals surface area (Å²) in [6.45, 7) is 0.0319. The fourth-order valence-electron chi connectivity index (χ4n) is 2.77. The molecule has 1 saturated heterocycles. The molecule has 0 spiro atoms. The number of carbonyl (C=O) groups is 2. The largest absolute Gasteiger partial charge is 0.497 e. The van der Waals surface area contributed by atoms with Crippen LogP contribution in [0.5, 0.6) is 17.2 Å². The maximum atomic E-state index is 13.1. The molecule has 7 nitrogen and oxygen atoms in total. The van der Waals surface area contributed by atoms with Crippen LogP contribution in [-0.4, -0.2) is 42.1 Å². The summed E-state index contributed by atoms with van der Waals surface area (Å²) in [4.78, 5) is 25.7. The standard InChI is InChI=1S/C21H19NO6S2/c1-26-14-7-8-15(17(12-14)27-2)22-20(25)18(30-21(22)29)11-13-5-3-4-6-16(13)28-10-9-19(23)24/h3-8,11-12H,9-10H2,1-2H3,(H,23,24)/b18-11+. The van der Waals surface area contributed by atoms with Gasteiger partial charge in [-0.15, -0.1) is 0 Å². The maximum absolute atomic E-state index is 13.1. The van der Waals surface area contributed by atoms with Gasteiger partial charge in [-0.25, -0.2) is 0 Å². The van der Waals surface area contributed by atoms with Gasteiger partial charge in [-0.2, -0.15) is 0 Å². The van der Waals surface area contributed by atoms with E-state index in [0.29, 0.717) is 37.7 Å². The normalized spacial score (nSPS) is 14.9. The predicted molar refractivity (Wildman–Crippen MR) is 119 cm³/mol. The Morgan fingerprint density at radius 1 is 1.17 bits per heavy atom. The number of thioether (sulfide) groups is 1. The Labute approximate surface area is 183 Å². The van der Waals surface area contributed by atoms with Crippen LogP contribution in [0, 0.1) is 0 Å². The van der Waals surface area contributed by atoms with E-state index >= 15 is 0 Å². The predicted octanol–water partition coefficient (Wildman–Crippen LogP) is 3.96. The number of nitrogens with zero attached hydrogens (tertiary/aromatic N) is 1. The van der Waals surface area contributed by atoms with Crippen molar-refractivity contribution in [2.24, 2.45) is 0 Å². The summed E-state index contributed by atoms with van der Waals surface area (Å²) in [7, 11) is 3.06. The Hall–Kier alpha value is -3.04. The molecule has 2 aromatic carbocycles. The van der Waals surface area contributed by atoms with Crippen molar-refractivity contribution in [3.05, 3.63) is 52.9 Å². The van der Waals surface area contributed by atoms with Crippen LogP contribution in [0.2, 0.25) is 0 Å². The van der Waals surface area contributed by atoms with Gasteiger partial charge in [-0.05, 0) is 24.3 Å². The summed E-state index contributed by atoms with van der Waals surface area (Å²) in [6.07, 6.45) is 1.57. The van der Waals surface area contributed by atoms with Crippen molar-refractivity contribution >= 4 is 51.9 Å². The minimum atomic E-state index is -0.943. The van der Waals surface area contributed by atoms with Crippen molar-refractivity contribution in [1.82, 2.24) is 0 Å². The van der Waals surface area contributed by atoms with Crippen LogP contribution in [-0.2, 0) is 9.59 Å². The van der Waals surface area contributed by atoms with E-state index in [-0.39, 0.29) is 18.9 Å². The van der Waals surface area contributed by atoms with E-state index in [1.165, 1.54) is 23.8 Å². The van der Waals surface area contributed by atoms with Crippen molar-refractivity contribution in [3.8, 4) is 17.2 Å². The molecule has 30 heavy (non-hydrogen) atoms. The van der Waals surface area contributed by atoms with E-state index in [1.54, 1.807) is 49.6 Å². The number of methoxy groups -OCH3 is 2. The highest BCUT2D eigenvalue weighted by Crippen LogP contribution is 2.41. The molecule has 9 heteroatoms. The van der Waals surface area contributed by atoms with Gasteiger partial charge in [0.25, 0.3) is 5.91 Å². The molecule has 0 aromatic heterocycles. The van der Waals surface area contributed by atoms with Crippen molar-refractivity contribution < 1.29 is 28.9 Å². The zero-order chi connectivity index (χ0) is 21.7. The minimum absolute atomic E-state index is 0.0319. The van der Waals surface area contributed by atoms with Crippen molar-refractivity contribution in [2.75, 3.05) is 25.7 Å². The number of aliphatic carboxylic acids is 1. The highest BCUT2D eigenvalue weighted by Gasteiger charge is 2.35. The lowest BCUT2D eigenvalue weighted by molar-refractivity contribution is -0.137. The number of hydrogen-bond donors (Lipinski definition) is 1. The number of benzene rings is 2. The number of anilines is 1. The number of carboxylic acids is 1. The SMILES string of the molecule is COc1ccc(N2C(=O)/C(=C\c3ccccc3OCCC(=O)O)SC2=S)c(OC)c1. The molecular weight excluding hydrogens is 426 g/mol. The lowest BCUT2D eigenvalue weighted by Crippen LogP contribution is -2.27. The van der Waals surface area contributed by atoms with Crippen LogP contribution in [0.25, 0.3) is 6.08 Å². The highest BCUT2D eigenvalue weighted by atomic mass is 32.2. The Bertz CT molecular complexity index is 1020. The Balaban J connectivity index is 1.89. The molecule has 0 bridgehead atoms. The fraction of sp³-hybridized carbons (Fsp3) is 0.190. The molecule has 1 amide bonds. The number of hydrogen-bond acceptors (Lipinski definition) is 7. The minimum Gasteiger partial charge on any atom is -0.497 e. The van der Waals surface area contributed by atoms with Gasteiger partial charge in [0.1, 0.15) is 17.2 Å². The summed E-state index contributed by atoms with van der Waals surface area (Å²) in [6, 6.07) is 12.2. The molecule has 2 aromatic rings. The van der Waals surface area contributed by atoms with E-state index in [4.69, 9.17) is 31.5 Å². The van der Waals surface area contributed by atoms with E-state index in [2.05, 4.69) is 0 Å². The number of carboxylic acid groups (broad SMARTS) is 1. The van der Waals surface area contributed by atoms with Gasteiger partial charge in [-0.1, -0.05) is 42.2 Å². The van der Waals surface area contributed by atoms with Gasteiger partial charge >= 0.3 is 5.97 Å². The molecule has 3 rings (SSSR count). The first-order valence-electron chi connectivity index (χ1n) is 8.88. The van der Waals surface area contributed by atoms with Crippen LogP contribution in [0.1, 0.15) is 12.0 Å². The van der Waals surface area contributed by atoms with Gasteiger partial charge in [0.05, 0.1) is 37.8 Å². The first-order chi connectivity index (χ1) is 14.4. The molecule has 0 saturated carbocycles. The lowest BCUT2D eigenvalue weighted by atomic mass is 10.1. The smallest absolute Gasteiger partial charge is 0.306 e.